The highest BCUT2D eigenvalue weighted by Gasteiger charge is 2.25. The van der Waals surface area contributed by atoms with Gasteiger partial charge in [0.05, 0.1) is 16.8 Å². The third-order valence-electron chi connectivity index (χ3n) is 4.89. The molecule has 1 aromatic carbocycles. The molecule has 0 saturated heterocycles. The van der Waals surface area contributed by atoms with Crippen LogP contribution in [0.25, 0.3) is 10.9 Å². The normalized spacial score (nSPS) is 16.0. The third kappa shape index (κ3) is 3.65. The summed E-state index contributed by atoms with van der Waals surface area (Å²) >= 11 is 0. The molecule has 0 spiro atoms. The van der Waals surface area contributed by atoms with Gasteiger partial charge in [-0.25, -0.2) is 4.79 Å². The Bertz CT molecular complexity index is 810. The Hall–Kier alpha value is -2.43. The number of hydrogen-bond acceptors (Lipinski definition) is 4. The van der Waals surface area contributed by atoms with Crippen molar-refractivity contribution in [2.24, 2.45) is 0 Å². The lowest BCUT2D eigenvalue weighted by molar-refractivity contribution is -0.129. The summed E-state index contributed by atoms with van der Waals surface area (Å²) in [5.41, 5.74) is 2.74. The van der Waals surface area contributed by atoms with Crippen LogP contribution >= 0.6 is 0 Å². The fourth-order valence-electron chi connectivity index (χ4n) is 3.49. The number of pyridine rings is 1. The molecular formula is C20H24N2O3. The molecule has 1 fully saturated rings. The van der Waals surface area contributed by atoms with Crippen molar-refractivity contribution in [2.75, 3.05) is 0 Å². The van der Waals surface area contributed by atoms with Crippen molar-refractivity contribution in [2.45, 2.75) is 58.6 Å². The lowest BCUT2D eigenvalue weighted by Gasteiger charge is -2.18. The van der Waals surface area contributed by atoms with E-state index in [4.69, 9.17) is 4.74 Å². The molecule has 1 atom stereocenters. The highest BCUT2D eigenvalue weighted by atomic mass is 16.5. The second kappa shape index (κ2) is 7.21. The molecule has 25 heavy (non-hydrogen) atoms. The van der Waals surface area contributed by atoms with E-state index in [1.165, 1.54) is 0 Å². The topological polar surface area (TPSA) is 68.3 Å². The number of aryl methyl sites for hydroxylation is 2. The number of esters is 1. The number of carbonyl (C=O) groups excluding carboxylic acids is 2. The number of aromatic nitrogens is 1. The molecular weight excluding hydrogens is 316 g/mol. The van der Waals surface area contributed by atoms with Gasteiger partial charge in [-0.3, -0.25) is 9.78 Å². The van der Waals surface area contributed by atoms with Gasteiger partial charge >= 0.3 is 5.97 Å². The predicted octanol–water partition coefficient (Wildman–Crippen LogP) is 3.46. The summed E-state index contributed by atoms with van der Waals surface area (Å²) in [6, 6.07) is 7.90. The fraction of sp³-hybridized carbons (Fsp3) is 0.450. The van der Waals surface area contributed by atoms with Crippen LogP contribution in [0, 0.1) is 13.8 Å². The zero-order chi connectivity index (χ0) is 18.0. The summed E-state index contributed by atoms with van der Waals surface area (Å²) in [6.07, 6.45) is 3.46. The molecule has 1 N–H and O–H groups in total. The molecule has 0 unspecified atom stereocenters. The van der Waals surface area contributed by atoms with Gasteiger partial charge in [0.15, 0.2) is 6.10 Å². The number of carbonyl (C=O) groups is 2. The van der Waals surface area contributed by atoms with Crippen LogP contribution in [0.3, 0.4) is 0 Å². The van der Waals surface area contributed by atoms with E-state index in [0.717, 1.165) is 42.1 Å². The number of hydrogen-bond donors (Lipinski definition) is 1. The molecule has 5 nitrogen and oxygen atoms in total. The molecule has 0 bridgehead atoms. The molecule has 132 valence electrons. The number of rotatable bonds is 4. The van der Waals surface area contributed by atoms with Crippen LogP contribution in [0.1, 0.15) is 54.2 Å². The summed E-state index contributed by atoms with van der Waals surface area (Å²) in [5.74, 6) is -0.730. The van der Waals surface area contributed by atoms with Crippen LogP contribution in [0.5, 0.6) is 0 Å². The van der Waals surface area contributed by atoms with E-state index in [0.29, 0.717) is 11.3 Å². The molecule has 1 heterocycles. The zero-order valence-corrected chi connectivity index (χ0v) is 15.0. The Labute approximate surface area is 147 Å². The van der Waals surface area contributed by atoms with Crippen LogP contribution in [0.15, 0.2) is 24.3 Å². The van der Waals surface area contributed by atoms with Crippen LogP contribution in [-0.4, -0.2) is 29.0 Å². The summed E-state index contributed by atoms with van der Waals surface area (Å²) in [6.45, 7) is 5.29. The number of fused-ring (bicyclic) bond motifs is 1. The highest BCUT2D eigenvalue weighted by Crippen LogP contribution is 2.23. The first kappa shape index (κ1) is 17.4. The fourth-order valence-corrected chi connectivity index (χ4v) is 3.49. The predicted molar refractivity (Wildman–Crippen MR) is 96.5 cm³/mol. The Morgan fingerprint density at radius 2 is 1.88 bits per heavy atom. The largest absolute Gasteiger partial charge is 0.449 e. The number of amides is 1. The number of benzene rings is 1. The van der Waals surface area contributed by atoms with E-state index in [9.17, 15) is 9.59 Å². The molecule has 0 aliphatic heterocycles. The number of para-hydroxylation sites is 1. The van der Waals surface area contributed by atoms with Crippen LogP contribution in [0.4, 0.5) is 0 Å². The van der Waals surface area contributed by atoms with Crippen molar-refractivity contribution in [3.8, 4) is 0 Å². The Kier molecular flexibility index (Phi) is 5.02. The van der Waals surface area contributed by atoms with Gasteiger partial charge in [0.25, 0.3) is 5.91 Å². The monoisotopic (exact) mass is 340 g/mol. The number of ether oxygens (including phenoxy) is 1. The van der Waals surface area contributed by atoms with Crippen LogP contribution < -0.4 is 5.32 Å². The van der Waals surface area contributed by atoms with Gasteiger partial charge in [-0.15, -0.1) is 0 Å². The lowest BCUT2D eigenvalue weighted by Crippen LogP contribution is -2.41. The average Bonchev–Trinajstić information content (AvgIpc) is 3.07. The Morgan fingerprint density at radius 3 is 2.60 bits per heavy atom. The van der Waals surface area contributed by atoms with Crippen molar-refractivity contribution < 1.29 is 14.3 Å². The zero-order valence-electron chi connectivity index (χ0n) is 15.0. The van der Waals surface area contributed by atoms with E-state index in [1.807, 2.05) is 31.2 Å². The van der Waals surface area contributed by atoms with Gasteiger partial charge < -0.3 is 10.1 Å². The van der Waals surface area contributed by atoms with Crippen molar-refractivity contribution in [1.29, 1.82) is 0 Å². The summed E-state index contributed by atoms with van der Waals surface area (Å²) in [5, 5.41) is 3.88. The quantitative estimate of drug-likeness (QED) is 0.866. The van der Waals surface area contributed by atoms with E-state index in [1.54, 1.807) is 13.8 Å². The van der Waals surface area contributed by atoms with Gasteiger partial charge in [-0.1, -0.05) is 31.0 Å². The van der Waals surface area contributed by atoms with Crippen LogP contribution in [-0.2, 0) is 9.53 Å². The SMILES string of the molecule is Cc1nc2ccccc2c(C)c1C(=O)O[C@H](C)C(=O)NC1CCCC1. The molecule has 1 aliphatic rings. The van der Waals surface area contributed by atoms with Gasteiger partial charge in [0, 0.05) is 11.4 Å². The number of nitrogens with one attached hydrogen (secondary N) is 1. The first-order chi connectivity index (χ1) is 12.0. The van der Waals surface area contributed by atoms with Gasteiger partial charge in [0.2, 0.25) is 0 Å². The van der Waals surface area contributed by atoms with E-state index >= 15 is 0 Å². The Morgan fingerprint density at radius 1 is 1.20 bits per heavy atom. The Balaban J connectivity index is 1.76. The molecule has 1 saturated carbocycles. The van der Waals surface area contributed by atoms with Gasteiger partial charge in [-0.05, 0) is 45.2 Å². The standard InChI is InChI=1S/C20H24N2O3/c1-12-16-10-6-7-11-17(16)21-13(2)18(12)20(24)25-14(3)19(23)22-15-8-4-5-9-15/h6-7,10-11,14-15H,4-5,8-9H2,1-3H3,(H,22,23)/t14-/m1/s1. The third-order valence-corrected chi connectivity index (χ3v) is 4.89. The summed E-state index contributed by atoms with van der Waals surface area (Å²) < 4.78 is 5.43. The second-order valence-electron chi connectivity index (χ2n) is 6.75. The van der Waals surface area contributed by atoms with Crippen molar-refractivity contribution >= 4 is 22.8 Å². The van der Waals surface area contributed by atoms with E-state index < -0.39 is 12.1 Å². The van der Waals surface area contributed by atoms with E-state index in [2.05, 4.69) is 10.3 Å². The minimum absolute atomic E-state index is 0.208. The average molecular weight is 340 g/mol. The summed E-state index contributed by atoms with van der Waals surface area (Å²) in [4.78, 5) is 29.4. The highest BCUT2D eigenvalue weighted by molar-refractivity contribution is 5.99. The smallest absolute Gasteiger partial charge is 0.341 e. The van der Waals surface area contributed by atoms with Crippen molar-refractivity contribution in [3.63, 3.8) is 0 Å². The van der Waals surface area contributed by atoms with E-state index in [-0.39, 0.29) is 11.9 Å². The molecule has 3 rings (SSSR count). The second-order valence-corrected chi connectivity index (χ2v) is 6.75. The molecule has 1 amide bonds. The molecule has 2 aromatic rings. The first-order valence-corrected chi connectivity index (χ1v) is 8.84. The van der Waals surface area contributed by atoms with Crippen LogP contribution in [0.2, 0.25) is 0 Å². The lowest BCUT2D eigenvalue weighted by atomic mass is 10.0. The number of nitrogens with zero attached hydrogens (tertiary/aromatic N) is 1. The van der Waals surface area contributed by atoms with Crippen molar-refractivity contribution in [1.82, 2.24) is 10.3 Å². The van der Waals surface area contributed by atoms with Crippen molar-refractivity contribution in [3.05, 3.63) is 41.1 Å². The molecule has 1 aromatic heterocycles. The molecule has 0 radical (unpaired) electrons. The molecule has 1 aliphatic carbocycles. The van der Waals surface area contributed by atoms with Gasteiger partial charge in [0.1, 0.15) is 0 Å². The minimum atomic E-state index is -0.821. The maximum atomic E-state index is 12.6. The minimum Gasteiger partial charge on any atom is -0.449 e. The maximum absolute atomic E-state index is 12.6. The van der Waals surface area contributed by atoms with Gasteiger partial charge in [-0.2, -0.15) is 0 Å². The summed E-state index contributed by atoms with van der Waals surface area (Å²) in [7, 11) is 0. The maximum Gasteiger partial charge on any atom is 0.341 e. The first-order valence-electron chi connectivity index (χ1n) is 8.84. The molecule has 5 heteroatoms.